The van der Waals surface area contributed by atoms with E-state index in [1.165, 1.54) is 6.07 Å². The van der Waals surface area contributed by atoms with Crippen molar-refractivity contribution in [1.29, 1.82) is 0 Å². The van der Waals surface area contributed by atoms with Crippen LogP contribution in [0.5, 0.6) is 0 Å². The molecule has 0 aliphatic rings. The number of benzene rings is 1. The van der Waals surface area contributed by atoms with Crippen LogP contribution in [-0.2, 0) is 13.0 Å². The van der Waals surface area contributed by atoms with Gasteiger partial charge in [0.1, 0.15) is 5.82 Å². The van der Waals surface area contributed by atoms with Crippen molar-refractivity contribution in [1.82, 2.24) is 4.57 Å². The molecule has 0 bridgehead atoms. The molecule has 0 fully saturated rings. The van der Waals surface area contributed by atoms with Gasteiger partial charge in [-0.25, -0.2) is 4.39 Å². The fourth-order valence-corrected chi connectivity index (χ4v) is 1.93. The van der Waals surface area contributed by atoms with Crippen LogP contribution in [0, 0.1) is 5.82 Å². The van der Waals surface area contributed by atoms with Crippen molar-refractivity contribution in [2.75, 3.05) is 6.54 Å². The molecule has 0 saturated heterocycles. The van der Waals surface area contributed by atoms with E-state index in [-0.39, 0.29) is 10.8 Å². The van der Waals surface area contributed by atoms with E-state index < -0.39 is 0 Å². The quantitative estimate of drug-likeness (QED) is 0.891. The Morgan fingerprint density at radius 3 is 2.82 bits per heavy atom. The van der Waals surface area contributed by atoms with Crippen molar-refractivity contribution in [3.63, 3.8) is 0 Å². The van der Waals surface area contributed by atoms with Crippen LogP contribution in [0.15, 0.2) is 36.5 Å². The van der Waals surface area contributed by atoms with Crippen molar-refractivity contribution in [3.8, 4) is 0 Å². The Bertz CT molecular complexity index is 508. The number of halogens is 2. The molecule has 0 spiro atoms. The SMILES string of the molecule is NCCc1cccn1Cc1ccc(Cl)c(F)c1. The van der Waals surface area contributed by atoms with Crippen LogP contribution >= 0.6 is 11.6 Å². The lowest BCUT2D eigenvalue weighted by Gasteiger charge is -2.09. The minimum Gasteiger partial charge on any atom is -0.347 e. The van der Waals surface area contributed by atoms with Crippen LogP contribution in [0.1, 0.15) is 11.3 Å². The molecule has 17 heavy (non-hydrogen) atoms. The van der Waals surface area contributed by atoms with Gasteiger partial charge in [0.15, 0.2) is 0 Å². The first-order valence-electron chi connectivity index (χ1n) is 5.48. The van der Waals surface area contributed by atoms with Gasteiger partial charge >= 0.3 is 0 Å². The van der Waals surface area contributed by atoms with Gasteiger partial charge in [-0.15, -0.1) is 0 Å². The topological polar surface area (TPSA) is 30.9 Å². The Morgan fingerprint density at radius 1 is 1.29 bits per heavy atom. The molecule has 2 nitrogen and oxygen atoms in total. The van der Waals surface area contributed by atoms with Gasteiger partial charge < -0.3 is 10.3 Å². The summed E-state index contributed by atoms with van der Waals surface area (Å²) in [5.74, 6) is -0.378. The normalized spacial score (nSPS) is 10.8. The third kappa shape index (κ3) is 2.87. The molecule has 1 aromatic heterocycles. The largest absolute Gasteiger partial charge is 0.347 e. The van der Waals surface area contributed by atoms with Crippen molar-refractivity contribution < 1.29 is 4.39 Å². The average Bonchev–Trinajstić information content (AvgIpc) is 2.72. The maximum Gasteiger partial charge on any atom is 0.142 e. The lowest BCUT2D eigenvalue weighted by molar-refractivity contribution is 0.623. The second-order valence-electron chi connectivity index (χ2n) is 3.91. The summed E-state index contributed by atoms with van der Waals surface area (Å²) in [6.07, 6.45) is 2.79. The van der Waals surface area contributed by atoms with Crippen LogP contribution < -0.4 is 5.73 Å². The lowest BCUT2D eigenvalue weighted by Crippen LogP contribution is -2.09. The van der Waals surface area contributed by atoms with Crippen LogP contribution in [0.25, 0.3) is 0 Å². The summed E-state index contributed by atoms with van der Waals surface area (Å²) in [6.45, 7) is 1.25. The minimum absolute atomic E-state index is 0.156. The Labute approximate surface area is 105 Å². The van der Waals surface area contributed by atoms with Crippen molar-refractivity contribution in [2.45, 2.75) is 13.0 Å². The summed E-state index contributed by atoms with van der Waals surface area (Å²) in [4.78, 5) is 0. The standard InChI is InChI=1S/C13H14ClFN2/c14-12-4-3-10(8-13(12)15)9-17-7-1-2-11(17)5-6-16/h1-4,7-8H,5-6,9,16H2. The second kappa shape index (κ2) is 5.34. The maximum atomic E-state index is 13.3. The highest BCUT2D eigenvalue weighted by Crippen LogP contribution is 2.17. The van der Waals surface area contributed by atoms with Crippen LogP contribution in [0.4, 0.5) is 4.39 Å². The zero-order valence-electron chi connectivity index (χ0n) is 9.37. The summed E-state index contributed by atoms with van der Waals surface area (Å²) >= 11 is 5.65. The summed E-state index contributed by atoms with van der Waals surface area (Å²) in [6, 6.07) is 8.88. The fraction of sp³-hybridized carbons (Fsp3) is 0.231. The molecule has 90 valence electrons. The molecule has 1 heterocycles. The van der Waals surface area contributed by atoms with E-state index in [9.17, 15) is 4.39 Å². The summed E-state index contributed by atoms with van der Waals surface area (Å²) in [7, 11) is 0. The number of hydrogen-bond acceptors (Lipinski definition) is 1. The van der Waals surface area contributed by atoms with Gasteiger partial charge in [0.25, 0.3) is 0 Å². The molecule has 0 atom stereocenters. The smallest absolute Gasteiger partial charge is 0.142 e. The Balaban J connectivity index is 2.19. The second-order valence-corrected chi connectivity index (χ2v) is 4.32. The summed E-state index contributed by atoms with van der Waals surface area (Å²) in [5, 5.41) is 0.156. The highest BCUT2D eigenvalue weighted by atomic mass is 35.5. The minimum atomic E-state index is -0.378. The monoisotopic (exact) mass is 252 g/mol. The Morgan fingerprint density at radius 2 is 2.12 bits per heavy atom. The van der Waals surface area contributed by atoms with Gasteiger partial charge in [0.2, 0.25) is 0 Å². The number of nitrogens with two attached hydrogens (primary N) is 1. The number of aromatic nitrogens is 1. The molecule has 2 aromatic rings. The summed E-state index contributed by atoms with van der Waals surface area (Å²) in [5.41, 5.74) is 7.58. The van der Waals surface area contributed by atoms with Gasteiger partial charge in [0.05, 0.1) is 5.02 Å². The first kappa shape index (κ1) is 12.1. The summed E-state index contributed by atoms with van der Waals surface area (Å²) < 4.78 is 15.4. The zero-order chi connectivity index (χ0) is 12.3. The van der Waals surface area contributed by atoms with Crippen molar-refractivity contribution in [3.05, 3.63) is 58.6 Å². The molecule has 2 rings (SSSR count). The molecule has 4 heteroatoms. The maximum absolute atomic E-state index is 13.3. The van der Waals surface area contributed by atoms with E-state index in [4.69, 9.17) is 17.3 Å². The number of rotatable bonds is 4. The van der Waals surface area contributed by atoms with E-state index >= 15 is 0 Å². The van der Waals surface area contributed by atoms with Gasteiger partial charge in [0, 0.05) is 18.4 Å². The molecular formula is C13H14ClFN2. The first-order chi connectivity index (χ1) is 8.20. The first-order valence-corrected chi connectivity index (χ1v) is 5.86. The average molecular weight is 253 g/mol. The molecule has 1 aromatic carbocycles. The lowest BCUT2D eigenvalue weighted by atomic mass is 10.2. The van der Waals surface area contributed by atoms with Crippen molar-refractivity contribution >= 4 is 11.6 Å². The van der Waals surface area contributed by atoms with Crippen LogP contribution in [0.3, 0.4) is 0 Å². The molecule has 0 unspecified atom stereocenters. The van der Waals surface area contributed by atoms with Crippen LogP contribution in [-0.4, -0.2) is 11.1 Å². The van der Waals surface area contributed by atoms with Crippen molar-refractivity contribution in [2.24, 2.45) is 5.73 Å². The zero-order valence-corrected chi connectivity index (χ0v) is 10.1. The third-order valence-corrected chi connectivity index (χ3v) is 2.97. The van der Waals surface area contributed by atoms with Gasteiger partial charge in [-0.3, -0.25) is 0 Å². The molecule has 0 aliphatic heterocycles. The Kier molecular flexibility index (Phi) is 3.82. The van der Waals surface area contributed by atoms with E-state index in [2.05, 4.69) is 4.57 Å². The van der Waals surface area contributed by atoms with Gasteiger partial charge in [-0.1, -0.05) is 17.7 Å². The van der Waals surface area contributed by atoms with Gasteiger partial charge in [-0.05, 0) is 42.8 Å². The molecule has 0 amide bonds. The molecule has 0 radical (unpaired) electrons. The van der Waals surface area contributed by atoms with E-state index in [0.29, 0.717) is 13.1 Å². The predicted octanol–water partition coefficient (Wildman–Crippen LogP) is 2.83. The van der Waals surface area contributed by atoms with Crippen LogP contribution in [0.2, 0.25) is 5.02 Å². The fourth-order valence-electron chi connectivity index (χ4n) is 1.81. The predicted molar refractivity (Wildman–Crippen MR) is 67.7 cm³/mol. The Hall–Kier alpha value is -1.32. The van der Waals surface area contributed by atoms with Gasteiger partial charge in [-0.2, -0.15) is 0 Å². The van der Waals surface area contributed by atoms with E-state index in [1.807, 2.05) is 24.4 Å². The molecular weight excluding hydrogens is 239 g/mol. The molecule has 0 aliphatic carbocycles. The molecule has 0 saturated carbocycles. The molecule has 2 N–H and O–H groups in total. The number of nitrogens with zero attached hydrogens (tertiary/aromatic N) is 1. The highest BCUT2D eigenvalue weighted by molar-refractivity contribution is 6.30. The third-order valence-electron chi connectivity index (χ3n) is 2.66. The van der Waals surface area contributed by atoms with E-state index in [1.54, 1.807) is 6.07 Å². The van der Waals surface area contributed by atoms with E-state index in [0.717, 1.165) is 17.7 Å². The number of hydrogen-bond donors (Lipinski definition) is 1. The highest BCUT2D eigenvalue weighted by Gasteiger charge is 2.04.